The standard InChI is InChI=1S/C16H18FN5/c1-10(2)22-9-20-14-15(18-8-19-16(14)22)21-11(3)12-5-4-6-13(17)7-12/h4-11H,1-3H3,(H,18,19,21). The van der Waals surface area contributed by atoms with Gasteiger partial charge in [-0.1, -0.05) is 12.1 Å². The molecule has 1 aromatic carbocycles. The molecule has 0 bridgehead atoms. The highest BCUT2D eigenvalue weighted by Gasteiger charge is 2.14. The SMILES string of the molecule is CC(Nc1ncnc2c1ncn2C(C)C)c1cccc(F)c1. The molecule has 0 saturated heterocycles. The molecule has 1 N–H and O–H groups in total. The zero-order valence-electron chi connectivity index (χ0n) is 12.8. The van der Waals surface area contributed by atoms with Crippen molar-refractivity contribution in [3.05, 3.63) is 48.3 Å². The van der Waals surface area contributed by atoms with Crippen LogP contribution in [-0.2, 0) is 0 Å². The van der Waals surface area contributed by atoms with E-state index in [9.17, 15) is 4.39 Å². The molecule has 0 spiro atoms. The second kappa shape index (κ2) is 5.71. The van der Waals surface area contributed by atoms with Gasteiger partial charge in [0.25, 0.3) is 0 Å². The largest absolute Gasteiger partial charge is 0.362 e. The van der Waals surface area contributed by atoms with Crippen molar-refractivity contribution in [1.82, 2.24) is 19.5 Å². The van der Waals surface area contributed by atoms with Gasteiger partial charge in [-0.25, -0.2) is 19.3 Å². The quantitative estimate of drug-likeness (QED) is 0.797. The molecule has 0 aliphatic heterocycles. The third kappa shape index (κ3) is 2.64. The predicted molar refractivity (Wildman–Crippen MR) is 84.1 cm³/mol. The van der Waals surface area contributed by atoms with Crippen molar-refractivity contribution in [2.45, 2.75) is 32.9 Å². The summed E-state index contributed by atoms with van der Waals surface area (Å²) in [6.45, 7) is 6.11. The van der Waals surface area contributed by atoms with E-state index in [-0.39, 0.29) is 17.9 Å². The van der Waals surface area contributed by atoms with Crippen molar-refractivity contribution in [2.24, 2.45) is 0 Å². The fourth-order valence-electron chi connectivity index (χ4n) is 2.40. The van der Waals surface area contributed by atoms with Gasteiger partial charge in [0.2, 0.25) is 0 Å². The average Bonchev–Trinajstić information content (AvgIpc) is 2.92. The zero-order chi connectivity index (χ0) is 15.7. The summed E-state index contributed by atoms with van der Waals surface area (Å²) in [6, 6.07) is 6.72. The van der Waals surface area contributed by atoms with E-state index in [0.29, 0.717) is 5.82 Å². The highest BCUT2D eigenvalue weighted by Crippen LogP contribution is 2.24. The smallest absolute Gasteiger partial charge is 0.165 e. The Bertz CT molecular complexity index is 796. The number of hydrogen-bond acceptors (Lipinski definition) is 4. The molecule has 2 aromatic heterocycles. The number of hydrogen-bond donors (Lipinski definition) is 1. The number of fused-ring (bicyclic) bond motifs is 1. The summed E-state index contributed by atoms with van der Waals surface area (Å²) in [7, 11) is 0. The van der Waals surface area contributed by atoms with Crippen LogP contribution in [0.25, 0.3) is 11.2 Å². The van der Waals surface area contributed by atoms with Crippen LogP contribution in [0.2, 0.25) is 0 Å². The van der Waals surface area contributed by atoms with E-state index >= 15 is 0 Å². The number of aromatic nitrogens is 4. The van der Waals surface area contributed by atoms with E-state index in [1.165, 1.54) is 18.5 Å². The fraction of sp³-hybridized carbons (Fsp3) is 0.312. The van der Waals surface area contributed by atoms with Gasteiger partial charge >= 0.3 is 0 Å². The van der Waals surface area contributed by atoms with Crippen molar-refractivity contribution in [1.29, 1.82) is 0 Å². The third-order valence-electron chi connectivity index (χ3n) is 3.62. The van der Waals surface area contributed by atoms with Crippen LogP contribution in [0.5, 0.6) is 0 Å². The van der Waals surface area contributed by atoms with Gasteiger partial charge in [-0.05, 0) is 38.5 Å². The predicted octanol–water partition coefficient (Wildman–Crippen LogP) is 3.72. The summed E-state index contributed by atoms with van der Waals surface area (Å²) >= 11 is 0. The first-order valence-corrected chi connectivity index (χ1v) is 7.26. The van der Waals surface area contributed by atoms with E-state index < -0.39 is 0 Å². The van der Waals surface area contributed by atoms with Gasteiger partial charge in [-0.15, -0.1) is 0 Å². The molecule has 6 heteroatoms. The van der Waals surface area contributed by atoms with Gasteiger partial charge in [0, 0.05) is 6.04 Å². The van der Waals surface area contributed by atoms with Gasteiger partial charge in [0.1, 0.15) is 17.7 Å². The molecule has 1 atom stereocenters. The van der Waals surface area contributed by atoms with Crippen molar-refractivity contribution < 1.29 is 4.39 Å². The number of benzene rings is 1. The van der Waals surface area contributed by atoms with Crippen LogP contribution in [0, 0.1) is 5.82 Å². The molecule has 0 amide bonds. The summed E-state index contributed by atoms with van der Waals surface area (Å²) in [4.78, 5) is 13.0. The first-order valence-electron chi connectivity index (χ1n) is 7.26. The normalized spacial score (nSPS) is 12.8. The molecule has 1 unspecified atom stereocenters. The minimum atomic E-state index is -0.247. The first kappa shape index (κ1) is 14.4. The van der Waals surface area contributed by atoms with E-state index in [1.807, 2.05) is 17.6 Å². The maximum absolute atomic E-state index is 13.3. The second-order valence-electron chi connectivity index (χ2n) is 5.56. The Morgan fingerprint density at radius 3 is 2.68 bits per heavy atom. The van der Waals surface area contributed by atoms with Gasteiger partial charge in [-0.3, -0.25) is 0 Å². The molecule has 22 heavy (non-hydrogen) atoms. The van der Waals surface area contributed by atoms with E-state index in [4.69, 9.17) is 0 Å². The fourth-order valence-corrected chi connectivity index (χ4v) is 2.40. The van der Waals surface area contributed by atoms with Crippen LogP contribution in [0.3, 0.4) is 0 Å². The summed E-state index contributed by atoms with van der Waals surface area (Å²) in [6.07, 6.45) is 3.28. The lowest BCUT2D eigenvalue weighted by atomic mass is 10.1. The minimum Gasteiger partial charge on any atom is -0.362 e. The lowest BCUT2D eigenvalue weighted by Crippen LogP contribution is -2.09. The maximum atomic E-state index is 13.3. The van der Waals surface area contributed by atoms with E-state index in [2.05, 4.69) is 34.1 Å². The van der Waals surface area contributed by atoms with E-state index in [0.717, 1.165) is 16.7 Å². The second-order valence-corrected chi connectivity index (χ2v) is 5.56. The number of anilines is 1. The molecular formula is C16H18FN5. The van der Waals surface area contributed by atoms with E-state index in [1.54, 1.807) is 12.4 Å². The first-order chi connectivity index (χ1) is 10.6. The van der Waals surface area contributed by atoms with Crippen molar-refractivity contribution in [3.63, 3.8) is 0 Å². The Hall–Kier alpha value is -2.50. The Kier molecular flexibility index (Phi) is 3.75. The number of imidazole rings is 1. The lowest BCUT2D eigenvalue weighted by Gasteiger charge is -2.15. The van der Waals surface area contributed by atoms with Gasteiger partial charge in [0.05, 0.1) is 12.4 Å². The van der Waals surface area contributed by atoms with Crippen LogP contribution in [-0.4, -0.2) is 19.5 Å². The Labute approximate surface area is 128 Å². The molecular weight excluding hydrogens is 281 g/mol. The monoisotopic (exact) mass is 299 g/mol. The third-order valence-corrected chi connectivity index (χ3v) is 3.62. The molecule has 3 aromatic rings. The summed E-state index contributed by atoms with van der Waals surface area (Å²) < 4.78 is 15.3. The topological polar surface area (TPSA) is 55.6 Å². The zero-order valence-corrected chi connectivity index (χ0v) is 12.8. The van der Waals surface area contributed by atoms with Gasteiger partial charge in [-0.2, -0.15) is 0 Å². The molecule has 0 saturated carbocycles. The number of rotatable bonds is 4. The lowest BCUT2D eigenvalue weighted by molar-refractivity contribution is 0.612. The Morgan fingerprint density at radius 1 is 1.14 bits per heavy atom. The van der Waals surface area contributed by atoms with Crippen LogP contribution in [0.1, 0.15) is 38.4 Å². The van der Waals surface area contributed by atoms with Crippen molar-refractivity contribution in [3.8, 4) is 0 Å². The highest BCUT2D eigenvalue weighted by molar-refractivity contribution is 5.82. The van der Waals surface area contributed by atoms with Gasteiger partial charge in [0.15, 0.2) is 11.5 Å². The molecule has 0 aliphatic rings. The molecule has 0 aliphatic carbocycles. The molecule has 0 fully saturated rings. The van der Waals surface area contributed by atoms with Crippen LogP contribution < -0.4 is 5.32 Å². The molecule has 5 nitrogen and oxygen atoms in total. The number of nitrogens with zero attached hydrogens (tertiary/aromatic N) is 4. The van der Waals surface area contributed by atoms with Gasteiger partial charge < -0.3 is 9.88 Å². The van der Waals surface area contributed by atoms with Crippen molar-refractivity contribution in [2.75, 3.05) is 5.32 Å². The van der Waals surface area contributed by atoms with Crippen LogP contribution in [0.15, 0.2) is 36.9 Å². The number of halogens is 1. The summed E-state index contributed by atoms with van der Waals surface area (Å²) in [5, 5.41) is 3.29. The Morgan fingerprint density at radius 2 is 1.95 bits per heavy atom. The minimum absolute atomic E-state index is 0.0852. The van der Waals surface area contributed by atoms with Crippen LogP contribution >= 0.6 is 0 Å². The Balaban J connectivity index is 1.94. The summed E-state index contributed by atoms with van der Waals surface area (Å²) in [5.74, 6) is 0.407. The molecule has 114 valence electrons. The summed E-state index contributed by atoms with van der Waals surface area (Å²) in [5.41, 5.74) is 2.37. The average molecular weight is 299 g/mol. The highest BCUT2D eigenvalue weighted by atomic mass is 19.1. The maximum Gasteiger partial charge on any atom is 0.165 e. The number of nitrogens with one attached hydrogen (secondary N) is 1. The molecule has 2 heterocycles. The molecule has 0 radical (unpaired) electrons. The van der Waals surface area contributed by atoms with Crippen LogP contribution in [0.4, 0.5) is 10.2 Å². The molecule has 3 rings (SSSR count). The van der Waals surface area contributed by atoms with Crippen molar-refractivity contribution >= 4 is 17.0 Å².